The number of nitrogens with one attached hydrogen (secondary N) is 1. The molecule has 1 saturated heterocycles. The van der Waals surface area contributed by atoms with Crippen LogP contribution in [0.4, 0.5) is 0 Å². The first-order valence-electron chi connectivity index (χ1n) is 5.56. The third kappa shape index (κ3) is 1.95. The number of carboxylic acids is 1. The van der Waals surface area contributed by atoms with Gasteiger partial charge in [-0.1, -0.05) is 0 Å². The summed E-state index contributed by atoms with van der Waals surface area (Å²) in [4.78, 5) is 10.8. The van der Waals surface area contributed by atoms with Gasteiger partial charge in [0.15, 0.2) is 0 Å². The van der Waals surface area contributed by atoms with Crippen molar-refractivity contribution in [1.29, 1.82) is 0 Å². The molecule has 0 saturated carbocycles. The Kier molecular flexibility index (Phi) is 2.96. The lowest BCUT2D eigenvalue weighted by Gasteiger charge is -2.11. The van der Waals surface area contributed by atoms with Crippen molar-refractivity contribution < 1.29 is 9.90 Å². The summed E-state index contributed by atoms with van der Waals surface area (Å²) in [5, 5.41) is 16.6. The van der Waals surface area contributed by atoms with Gasteiger partial charge in [-0.05, 0) is 26.8 Å². The van der Waals surface area contributed by atoms with Crippen LogP contribution in [-0.2, 0) is 11.2 Å². The van der Waals surface area contributed by atoms with Gasteiger partial charge in [0, 0.05) is 17.8 Å². The van der Waals surface area contributed by atoms with E-state index in [1.165, 1.54) is 0 Å². The van der Waals surface area contributed by atoms with Gasteiger partial charge in [-0.15, -0.1) is 0 Å². The lowest BCUT2D eigenvalue weighted by molar-refractivity contribution is -0.136. The fraction of sp³-hybridized carbons (Fsp3) is 0.636. The van der Waals surface area contributed by atoms with Crippen molar-refractivity contribution in [2.24, 2.45) is 0 Å². The van der Waals surface area contributed by atoms with E-state index in [2.05, 4.69) is 10.4 Å². The van der Waals surface area contributed by atoms with Gasteiger partial charge < -0.3 is 10.4 Å². The molecule has 2 rings (SSSR count). The van der Waals surface area contributed by atoms with Crippen molar-refractivity contribution in [2.45, 2.75) is 32.7 Å². The van der Waals surface area contributed by atoms with Crippen molar-refractivity contribution in [2.75, 3.05) is 13.1 Å². The molecular formula is C11H17N3O2. The topological polar surface area (TPSA) is 67.2 Å². The molecule has 1 aromatic rings. The standard InChI is InChI=1S/C11H17N3O2/c1-7-10(5-11(15)16)8(2)14(13-7)9-3-4-12-6-9/h9,12H,3-6H2,1-2H3,(H,15,16). The molecule has 1 unspecified atom stereocenters. The van der Waals surface area contributed by atoms with E-state index in [0.717, 1.165) is 36.5 Å². The fourth-order valence-corrected chi connectivity index (χ4v) is 2.31. The van der Waals surface area contributed by atoms with Crippen LogP contribution in [0.2, 0.25) is 0 Å². The number of aliphatic carboxylic acids is 1. The molecule has 0 amide bonds. The summed E-state index contributed by atoms with van der Waals surface area (Å²) >= 11 is 0. The minimum atomic E-state index is -0.796. The summed E-state index contributed by atoms with van der Waals surface area (Å²) in [6.07, 6.45) is 1.13. The van der Waals surface area contributed by atoms with Gasteiger partial charge in [0.1, 0.15) is 0 Å². The maximum absolute atomic E-state index is 10.8. The normalized spacial score (nSPS) is 20.2. The minimum absolute atomic E-state index is 0.0673. The zero-order chi connectivity index (χ0) is 11.7. The molecule has 1 aliphatic heterocycles. The number of rotatable bonds is 3. The Bertz CT molecular complexity index is 406. The highest BCUT2D eigenvalue weighted by atomic mass is 16.4. The predicted molar refractivity (Wildman–Crippen MR) is 59.6 cm³/mol. The largest absolute Gasteiger partial charge is 0.481 e. The molecule has 0 spiro atoms. The lowest BCUT2D eigenvalue weighted by atomic mass is 10.1. The summed E-state index contributed by atoms with van der Waals surface area (Å²) in [5.74, 6) is -0.796. The van der Waals surface area contributed by atoms with Crippen molar-refractivity contribution in [3.05, 3.63) is 17.0 Å². The van der Waals surface area contributed by atoms with Gasteiger partial charge in [-0.25, -0.2) is 0 Å². The van der Waals surface area contributed by atoms with E-state index >= 15 is 0 Å². The number of hydrogen-bond donors (Lipinski definition) is 2. The van der Waals surface area contributed by atoms with Crippen molar-refractivity contribution in [3.8, 4) is 0 Å². The highest BCUT2D eigenvalue weighted by Crippen LogP contribution is 2.21. The molecule has 1 aromatic heterocycles. The maximum Gasteiger partial charge on any atom is 0.307 e. The van der Waals surface area contributed by atoms with Crippen LogP contribution >= 0.6 is 0 Å². The van der Waals surface area contributed by atoms with Crippen LogP contribution in [0.3, 0.4) is 0 Å². The van der Waals surface area contributed by atoms with Gasteiger partial charge in [0.25, 0.3) is 0 Å². The first kappa shape index (κ1) is 11.1. The minimum Gasteiger partial charge on any atom is -0.481 e. The maximum atomic E-state index is 10.8. The zero-order valence-electron chi connectivity index (χ0n) is 9.66. The monoisotopic (exact) mass is 223 g/mol. The molecule has 5 heteroatoms. The highest BCUT2D eigenvalue weighted by molar-refractivity contribution is 5.70. The molecule has 1 atom stereocenters. The van der Waals surface area contributed by atoms with Crippen LogP contribution in [0.25, 0.3) is 0 Å². The van der Waals surface area contributed by atoms with Gasteiger partial charge >= 0.3 is 5.97 Å². The van der Waals surface area contributed by atoms with Crippen molar-refractivity contribution in [3.63, 3.8) is 0 Å². The zero-order valence-corrected chi connectivity index (χ0v) is 9.66. The van der Waals surface area contributed by atoms with E-state index in [-0.39, 0.29) is 6.42 Å². The van der Waals surface area contributed by atoms with E-state index in [0.29, 0.717) is 6.04 Å². The number of aromatic nitrogens is 2. The molecular weight excluding hydrogens is 206 g/mol. The van der Waals surface area contributed by atoms with Gasteiger partial charge in [-0.2, -0.15) is 5.10 Å². The van der Waals surface area contributed by atoms with Crippen molar-refractivity contribution >= 4 is 5.97 Å². The second-order valence-corrected chi connectivity index (χ2v) is 4.31. The third-order valence-electron chi connectivity index (χ3n) is 3.18. The van der Waals surface area contributed by atoms with Gasteiger partial charge in [0.2, 0.25) is 0 Å². The Morgan fingerprint density at radius 2 is 2.38 bits per heavy atom. The van der Waals surface area contributed by atoms with Crippen LogP contribution in [0.1, 0.15) is 29.4 Å². The second-order valence-electron chi connectivity index (χ2n) is 4.31. The van der Waals surface area contributed by atoms with Crippen LogP contribution in [0, 0.1) is 13.8 Å². The summed E-state index contributed by atoms with van der Waals surface area (Å²) in [6.45, 7) is 5.77. The average molecular weight is 223 g/mol. The smallest absolute Gasteiger partial charge is 0.307 e. The van der Waals surface area contributed by atoms with Gasteiger partial charge in [-0.3, -0.25) is 9.48 Å². The Morgan fingerprint density at radius 1 is 1.62 bits per heavy atom. The molecule has 16 heavy (non-hydrogen) atoms. The summed E-state index contributed by atoms with van der Waals surface area (Å²) < 4.78 is 1.98. The Labute approximate surface area is 94.5 Å². The Morgan fingerprint density at radius 3 is 2.94 bits per heavy atom. The van der Waals surface area contributed by atoms with E-state index < -0.39 is 5.97 Å². The molecule has 88 valence electrons. The highest BCUT2D eigenvalue weighted by Gasteiger charge is 2.22. The van der Waals surface area contributed by atoms with Crippen LogP contribution < -0.4 is 5.32 Å². The first-order chi connectivity index (χ1) is 7.59. The van der Waals surface area contributed by atoms with Crippen LogP contribution in [-0.4, -0.2) is 33.9 Å². The van der Waals surface area contributed by atoms with E-state index in [4.69, 9.17) is 5.11 Å². The van der Waals surface area contributed by atoms with Crippen LogP contribution in [0.15, 0.2) is 0 Å². The molecule has 0 aliphatic carbocycles. The average Bonchev–Trinajstić information content (AvgIpc) is 2.80. The van der Waals surface area contributed by atoms with E-state index in [1.54, 1.807) is 0 Å². The first-order valence-corrected chi connectivity index (χ1v) is 5.56. The summed E-state index contributed by atoms with van der Waals surface area (Å²) in [7, 11) is 0. The molecule has 5 nitrogen and oxygen atoms in total. The molecule has 2 N–H and O–H groups in total. The van der Waals surface area contributed by atoms with Gasteiger partial charge in [0.05, 0.1) is 18.2 Å². The number of nitrogens with zero attached hydrogens (tertiary/aromatic N) is 2. The van der Waals surface area contributed by atoms with Crippen LogP contribution in [0.5, 0.6) is 0 Å². The van der Waals surface area contributed by atoms with E-state index in [1.807, 2.05) is 18.5 Å². The molecule has 0 aromatic carbocycles. The number of aryl methyl sites for hydroxylation is 1. The lowest BCUT2D eigenvalue weighted by Crippen LogP contribution is -2.16. The van der Waals surface area contributed by atoms with Crippen molar-refractivity contribution in [1.82, 2.24) is 15.1 Å². The predicted octanol–water partition coefficient (Wildman–Crippen LogP) is 0.661. The number of hydrogen-bond acceptors (Lipinski definition) is 3. The number of carbonyl (C=O) groups is 1. The molecule has 1 aliphatic rings. The molecule has 2 heterocycles. The Balaban J connectivity index is 2.30. The Hall–Kier alpha value is -1.36. The molecule has 0 radical (unpaired) electrons. The quantitative estimate of drug-likeness (QED) is 0.790. The second kappa shape index (κ2) is 4.25. The van der Waals surface area contributed by atoms with E-state index in [9.17, 15) is 4.79 Å². The molecule has 0 bridgehead atoms. The summed E-state index contributed by atoms with van der Waals surface area (Å²) in [5.41, 5.74) is 2.69. The molecule has 1 fully saturated rings. The SMILES string of the molecule is Cc1nn(C2CCNC2)c(C)c1CC(=O)O. The summed E-state index contributed by atoms with van der Waals surface area (Å²) in [6, 6.07) is 0.376. The number of carboxylic acid groups (broad SMARTS) is 1. The fourth-order valence-electron chi connectivity index (χ4n) is 2.31. The third-order valence-corrected chi connectivity index (χ3v) is 3.18.